The van der Waals surface area contributed by atoms with E-state index < -0.39 is 0 Å². The quantitative estimate of drug-likeness (QED) is 0.488. The van der Waals surface area contributed by atoms with Crippen LogP contribution in [0.15, 0.2) is 41.6 Å². The van der Waals surface area contributed by atoms with E-state index in [4.69, 9.17) is 9.47 Å². The van der Waals surface area contributed by atoms with E-state index in [9.17, 15) is 9.59 Å². The summed E-state index contributed by atoms with van der Waals surface area (Å²) in [5, 5.41) is 14.7. The number of anilines is 2. The molecule has 2 amide bonds. The van der Waals surface area contributed by atoms with Gasteiger partial charge in [0.2, 0.25) is 18.6 Å². The van der Waals surface area contributed by atoms with Crippen molar-refractivity contribution in [3.05, 3.63) is 53.3 Å². The molecule has 1 aliphatic rings. The first-order chi connectivity index (χ1) is 15.9. The number of rotatable bonds is 8. The van der Waals surface area contributed by atoms with E-state index in [1.807, 2.05) is 43.5 Å². The number of aromatic nitrogens is 3. The lowest BCUT2D eigenvalue weighted by molar-refractivity contribution is -0.116. The zero-order chi connectivity index (χ0) is 23.4. The number of aryl methyl sites for hydroxylation is 2. The first-order valence-corrected chi connectivity index (χ1v) is 11.5. The molecule has 0 aliphatic carbocycles. The highest BCUT2D eigenvalue weighted by atomic mass is 32.2. The van der Waals surface area contributed by atoms with Gasteiger partial charge in [0.25, 0.3) is 0 Å². The van der Waals surface area contributed by atoms with Gasteiger partial charge in [0.05, 0.1) is 12.2 Å². The second kappa shape index (κ2) is 9.95. The van der Waals surface area contributed by atoms with Gasteiger partial charge in [0.15, 0.2) is 16.7 Å². The predicted octanol–water partition coefficient (Wildman–Crippen LogP) is 3.56. The van der Waals surface area contributed by atoms with Crippen LogP contribution in [0.1, 0.15) is 23.9 Å². The van der Waals surface area contributed by atoms with E-state index in [2.05, 4.69) is 20.8 Å². The highest BCUT2D eigenvalue weighted by Crippen LogP contribution is 2.34. The lowest BCUT2D eigenvalue weighted by Crippen LogP contribution is -2.18. The molecule has 0 saturated carbocycles. The van der Waals surface area contributed by atoms with Gasteiger partial charge >= 0.3 is 0 Å². The molecule has 1 aliphatic heterocycles. The number of benzene rings is 2. The minimum atomic E-state index is -0.182. The minimum Gasteiger partial charge on any atom is -0.454 e. The molecule has 0 bridgehead atoms. The van der Waals surface area contributed by atoms with Gasteiger partial charge in [-0.3, -0.25) is 9.59 Å². The molecule has 0 saturated heterocycles. The fourth-order valence-corrected chi connectivity index (χ4v) is 4.29. The van der Waals surface area contributed by atoms with Crippen molar-refractivity contribution in [2.75, 3.05) is 23.2 Å². The van der Waals surface area contributed by atoms with E-state index >= 15 is 0 Å². The van der Waals surface area contributed by atoms with Gasteiger partial charge in [-0.1, -0.05) is 29.5 Å². The average molecular weight is 468 g/mol. The summed E-state index contributed by atoms with van der Waals surface area (Å²) in [7, 11) is 0. The van der Waals surface area contributed by atoms with Crippen LogP contribution in [0, 0.1) is 13.8 Å². The van der Waals surface area contributed by atoms with Gasteiger partial charge in [0.1, 0.15) is 5.82 Å². The lowest BCUT2D eigenvalue weighted by Gasteiger charge is -2.10. The molecule has 0 unspecified atom stereocenters. The average Bonchev–Trinajstić information content (AvgIpc) is 3.40. The van der Waals surface area contributed by atoms with E-state index in [0.29, 0.717) is 34.7 Å². The molecule has 2 N–H and O–H groups in total. The highest BCUT2D eigenvalue weighted by molar-refractivity contribution is 7.99. The standard InChI is InChI=1S/C23H25N5O4S/c1-4-28-20(11-21(29)25-17-7-5-14(2)9-15(17)3)26-27-23(28)33-12-22(30)24-16-6-8-18-19(10-16)32-13-31-18/h5-10H,4,11-13H2,1-3H3,(H,24,30)(H,25,29). The Labute approximate surface area is 195 Å². The summed E-state index contributed by atoms with van der Waals surface area (Å²) in [6, 6.07) is 11.1. The summed E-state index contributed by atoms with van der Waals surface area (Å²) in [5.41, 5.74) is 3.55. The smallest absolute Gasteiger partial charge is 0.234 e. The van der Waals surface area contributed by atoms with Gasteiger partial charge in [-0.2, -0.15) is 0 Å². The van der Waals surface area contributed by atoms with Crippen LogP contribution >= 0.6 is 11.8 Å². The second-order valence-electron chi connectivity index (χ2n) is 7.59. The Morgan fingerprint density at radius 3 is 2.64 bits per heavy atom. The normalized spacial score (nSPS) is 12.0. The molecule has 10 heteroatoms. The molecule has 9 nitrogen and oxygen atoms in total. The summed E-state index contributed by atoms with van der Waals surface area (Å²) >= 11 is 1.27. The number of nitrogens with zero attached hydrogens (tertiary/aromatic N) is 3. The number of fused-ring (bicyclic) bond motifs is 1. The monoisotopic (exact) mass is 467 g/mol. The second-order valence-corrected chi connectivity index (χ2v) is 8.53. The molecule has 3 aromatic rings. The number of amides is 2. The maximum absolute atomic E-state index is 12.6. The molecule has 0 fully saturated rings. The molecule has 0 atom stereocenters. The Morgan fingerprint density at radius 2 is 1.85 bits per heavy atom. The molecule has 2 heterocycles. The molecule has 4 rings (SSSR count). The summed E-state index contributed by atoms with van der Waals surface area (Å²) < 4.78 is 12.5. The van der Waals surface area contributed by atoms with Crippen molar-refractivity contribution >= 4 is 35.0 Å². The highest BCUT2D eigenvalue weighted by Gasteiger charge is 2.18. The first-order valence-electron chi connectivity index (χ1n) is 10.5. The van der Waals surface area contributed by atoms with Crippen LogP contribution in [-0.4, -0.2) is 39.1 Å². The molecular weight excluding hydrogens is 442 g/mol. The first kappa shape index (κ1) is 22.7. The van der Waals surface area contributed by atoms with Crippen LogP contribution in [0.4, 0.5) is 11.4 Å². The SMILES string of the molecule is CCn1c(CC(=O)Nc2ccc(C)cc2C)nnc1SCC(=O)Nc1ccc2c(c1)OCO2. The maximum atomic E-state index is 12.6. The number of nitrogens with one attached hydrogen (secondary N) is 2. The van der Waals surface area contributed by atoms with E-state index in [-0.39, 0.29) is 30.8 Å². The van der Waals surface area contributed by atoms with Gasteiger partial charge in [0, 0.05) is 24.0 Å². The third-order valence-electron chi connectivity index (χ3n) is 5.07. The third-order valence-corrected chi connectivity index (χ3v) is 6.04. The summed E-state index contributed by atoms with van der Waals surface area (Å²) in [5.74, 6) is 1.63. The van der Waals surface area contributed by atoms with Crippen LogP contribution in [0.5, 0.6) is 11.5 Å². The van der Waals surface area contributed by atoms with Crippen LogP contribution in [0.25, 0.3) is 0 Å². The van der Waals surface area contributed by atoms with Crippen molar-refractivity contribution in [1.29, 1.82) is 0 Å². The minimum absolute atomic E-state index is 0.0953. The number of ether oxygens (including phenoxy) is 2. The van der Waals surface area contributed by atoms with Crippen LogP contribution in [0.2, 0.25) is 0 Å². The Hall–Kier alpha value is -3.53. The largest absolute Gasteiger partial charge is 0.454 e. The number of carbonyl (C=O) groups excluding carboxylic acids is 2. The van der Waals surface area contributed by atoms with E-state index in [1.165, 1.54) is 11.8 Å². The topological polar surface area (TPSA) is 107 Å². The fourth-order valence-electron chi connectivity index (χ4n) is 3.47. The molecule has 33 heavy (non-hydrogen) atoms. The van der Waals surface area contributed by atoms with Gasteiger partial charge in [-0.05, 0) is 44.5 Å². The van der Waals surface area contributed by atoms with Gasteiger partial charge in [-0.25, -0.2) is 0 Å². The van der Waals surface area contributed by atoms with Crippen molar-refractivity contribution < 1.29 is 19.1 Å². The van der Waals surface area contributed by atoms with Crippen LogP contribution < -0.4 is 20.1 Å². The van der Waals surface area contributed by atoms with E-state index in [0.717, 1.165) is 16.8 Å². The Balaban J connectivity index is 1.34. The van der Waals surface area contributed by atoms with Crippen molar-refractivity contribution in [2.24, 2.45) is 0 Å². The lowest BCUT2D eigenvalue weighted by atomic mass is 10.1. The molecular formula is C23H25N5O4S. The Bertz CT molecular complexity index is 1190. The zero-order valence-corrected chi connectivity index (χ0v) is 19.5. The summed E-state index contributed by atoms with van der Waals surface area (Å²) in [6.07, 6.45) is 0.0953. The van der Waals surface area contributed by atoms with Gasteiger partial charge < -0.3 is 24.7 Å². The van der Waals surface area contributed by atoms with Gasteiger partial charge in [-0.15, -0.1) is 10.2 Å². The van der Waals surface area contributed by atoms with E-state index in [1.54, 1.807) is 18.2 Å². The molecule has 2 aromatic carbocycles. The molecule has 0 radical (unpaired) electrons. The fraction of sp³-hybridized carbons (Fsp3) is 0.304. The maximum Gasteiger partial charge on any atom is 0.234 e. The number of carbonyl (C=O) groups is 2. The predicted molar refractivity (Wildman–Crippen MR) is 126 cm³/mol. The van der Waals surface area contributed by atoms with Crippen molar-refractivity contribution in [1.82, 2.24) is 14.8 Å². The molecule has 0 spiro atoms. The van der Waals surface area contributed by atoms with Crippen molar-refractivity contribution in [3.63, 3.8) is 0 Å². The van der Waals surface area contributed by atoms with Crippen molar-refractivity contribution in [3.8, 4) is 11.5 Å². The Kier molecular flexibility index (Phi) is 6.83. The number of hydrogen-bond acceptors (Lipinski definition) is 7. The summed E-state index contributed by atoms with van der Waals surface area (Å²) in [4.78, 5) is 25.0. The molecule has 172 valence electrons. The Morgan fingerprint density at radius 1 is 1.03 bits per heavy atom. The number of thioether (sulfide) groups is 1. The molecule has 1 aromatic heterocycles. The van der Waals surface area contributed by atoms with Crippen LogP contribution in [-0.2, 0) is 22.6 Å². The summed E-state index contributed by atoms with van der Waals surface area (Å²) in [6.45, 7) is 6.69. The zero-order valence-electron chi connectivity index (χ0n) is 18.7. The van der Waals surface area contributed by atoms with Crippen LogP contribution in [0.3, 0.4) is 0 Å². The third kappa shape index (κ3) is 5.46. The number of hydrogen-bond donors (Lipinski definition) is 2. The van der Waals surface area contributed by atoms with Crippen molar-refractivity contribution in [2.45, 2.75) is 38.9 Å².